The Balaban J connectivity index is 1.49. The summed E-state index contributed by atoms with van der Waals surface area (Å²) in [5.74, 6) is -0.592. The van der Waals surface area contributed by atoms with Gasteiger partial charge in [0.1, 0.15) is 17.7 Å². The lowest BCUT2D eigenvalue weighted by Crippen LogP contribution is -2.50. The number of piperazine rings is 1. The second kappa shape index (κ2) is 9.57. The van der Waals surface area contributed by atoms with E-state index in [1.54, 1.807) is 42.2 Å². The Bertz CT molecular complexity index is 1380. The first-order valence-electron chi connectivity index (χ1n) is 11.4. The molecule has 0 saturated carbocycles. The summed E-state index contributed by atoms with van der Waals surface area (Å²) >= 11 is 12.7. The Morgan fingerprint density at radius 1 is 1.05 bits per heavy atom. The quantitative estimate of drug-likeness (QED) is 0.405. The van der Waals surface area contributed by atoms with Crippen molar-refractivity contribution in [2.75, 3.05) is 36.4 Å². The number of fused-ring (bicyclic) bond motifs is 1. The maximum Gasteiger partial charge on any atom is 0.435 e. The van der Waals surface area contributed by atoms with Crippen LogP contribution in [0.15, 0.2) is 59.8 Å². The van der Waals surface area contributed by atoms with Gasteiger partial charge in [0.15, 0.2) is 5.69 Å². The van der Waals surface area contributed by atoms with Gasteiger partial charge in [0.2, 0.25) is 0 Å². The highest BCUT2D eigenvalue weighted by Gasteiger charge is 2.41. The summed E-state index contributed by atoms with van der Waals surface area (Å²) in [6.45, 7) is 3.37. The number of alkyl halides is 3. The van der Waals surface area contributed by atoms with Crippen LogP contribution in [0.2, 0.25) is 10.0 Å². The summed E-state index contributed by atoms with van der Waals surface area (Å²) in [6.07, 6.45) is -4.68. The standard InChI is InChI=1S/C25H21Cl2F4N5O/c1-14-21(24(37)35-11-9-34(10-12-35)16-7-5-15(28)6-8-16)23(17-3-2-4-18(26)22(17)27)36-20(32-14)13-19(33-36)25(29,30)31/h2-8,13,23,32H,9-12H2,1H3/t23-/m0/s1. The van der Waals surface area contributed by atoms with E-state index in [1.807, 2.05) is 4.90 Å². The fraction of sp³-hybridized carbons (Fsp3) is 0.280. The number of benzene rings is 2. The molecule has 0 spiro atoms. The van der Waals surface area contributed by atoms with Crippen LogP contribution in [0.3, 0.4) is 0 Å². The predicted molar refractivity (Wildman–Crippen MR) is 133 cm³/mol. The van der Waals surface area contributed by atoms with Crippen molar-refractivity contribution in [1.82, 2.24) is 14.7 Å². The molecule has 1 aromatic heterocycles. The first-order chi connectivity index (χ1) is 17.5. The molecule has 0 bridgehead atoms. The largest absolute Gasteiger partial charge is 0.435 e. The Kier molecular flexibility index (Phi) is 6.57. The highest BCUT2D eigenvalue weighted by atomic mass is 35.5. The molecule has 0 radical (unpaired) electrons. The van der Waals surface area contributed by atoms with Crippen molar-refractivity contribution in [3.63, 3.8) is 0 Å². The van der Waals surface area contributed by atoms with Gasteiger partial charge in [-0.2, -0.15) is 18.3 Å². The molecule has 0 unspecified atom stereocenters. The molecule has 1 amide bonds. The maximum atomic E-state index is 13.9. The van der Waals surface area contributed by atoms with E-state index in [-0.39, 0.29) is 33.2 Å². The number of nitrogens with zero attached hydrogens (tertiary/aromatic N) is 4. The summed E-state index contributed by atoms with van der Waals surface area (Å²) in [5.41, 5.74) is 0.735. The molecule has 3 heterocycles. The van der Waals surface area contributed by atoms with E-state index in [9.17, 15) is 22.4 Å². The zero-order chi connectivity index (χ0) is 26.5. The van der Waals surface area contributed by atoms with Crippen LogP contribution in [0.4, 0.5) is 29.1 Å². The summed E-state index contributed by atoms with van der Waals surface area (Å²) < 4.78 is 55.0. The van der Waals surface area contributed by atoms with Crippen molar-refractivity contribution < 1.29 is 22.4 Å². The Morgan fingerprint density at radius 3 is 2.38 bits per heavy atom. The Morgan fingerprint density at radius 2 is 1.73 bits per heavy atom. The number of halogens is 6. The molecule has 1 atom stereocenters. The number of amides is 1. The van der Waals surface area contributed by atoms with Gasteiger partial charge in [0, 0.05) is 49.2 Å². The van der Waals surface area contributed by atoms with Crippen molar-refractivity contribution in [2.45, 2.75) is 19.1 Å². The molecule has 12 heteroatoms. The molecule has 3 aromatic rings. The van der Waals surface area contributed by atoms with Crippen LogP contribution in [0, 0.1) is 5.82 Å². The van der Waals surface area contributed by atoms with Crippen LogP contribution in [0.25, 0.3) is 0 Å². The van der Waals surface area contributed by atoms with Gasteiger partial charge in [-0.3, -0.25) is 4.79 Å². The number of nitrogens with one attached hydrogen (secondary N) is 1. The van der Waals surface area contributed by atoms with Crippen LogP contribution >= 0.6 is 23.2 Å². The lowest BCUT2D eigenvalue weighted by molar-refractivity contribution is -0.141. The summed E-state index contributed by atoms with van der Waals surface area (Å²) in [5, 5.41) is 7.05. The number of aromatic nitrogens is 2. The fourth-order valence-electron chi connectivity index (χ4n) is 4.70. The van der Waals surface area contributed by atoms with Crippen LogP contribution in [-0.4, -0.2) is 46.8 Å². The van der Waals surface area contributed by atoms with E-state index in [1.165, 1.54) is 12.1 Å². The number of hydrogen-bond donors (Lipinski definition) is 1. The number of hydrogen-bond acceptors (Lipinski definition) is 4. The minimum absolute atomic E-state index is 0.0866. The molecule has 2 aliphatic heterocycles. The number of anilines is 2. The number of allylic oxidation sites excluding steroid dienone is 1. The van der Waals surface area contributed by atoms with Gasteiger partial charge in [0.25, 0.3) is 5.91 Å². The van der Waals surface area contributed by atoms with Crippen molar-refractivity contribution in [3.8, 4) is 0 Å². The minimum atomic E-state index is -4.68. The van der Waals surface area contributed by atoms with Crippen molar-refractivity contribution >= 4 is 40.6 Å². The highest BCUT2D eigenvalue weighted by molar-refractivity contribution is 6.42. The first kappa shape index (κ1) is 25.4. The monoisotopic (exact) mass is 553 g/mol. The SMILES string of the molecule is CC1=C(C(=O)N2CCN(c3ccc(F)cc3)CC2)[C@H](c2cccc(Cl)c2Cl)n2nc(C(F)(F)F)cc2N1. The lowest BCUT2D eigenvalue weighted by Gasteiger charge is -2.38. The lowest BCUT2D eigenvalue weighted by atomic mass is 9.94. The normalized spacial score (nSPS) is 18.1. The third-order valence-corrected chi connectivity index (χ3v) is 7.36. The molecule has 1 fully saturated rings. The van der Waals surface area contributed by atoms with E-state index in [0.717, 1.165) is 16.4 Å². The molecule has 2 aromatic carbocycles. The molecule has 194 valence electrons. The third kappa shape index (κ3) is 4.75. The topological polar surface area (TPSA) is 53.4 Å². The molecule has 37 heavy (non-hydrogen) atoms. The van der Waals surface area contributed by atoms with Crippen LogP contribution < -0.4 is 10.2 Å². The molecule has 0 aliphatic carbocycles. The average Bonchev–Trinajstić information content (AvgIpc) is 3.30. The van der Waals surface area contributed by atoms with Crippen LogP contribution in [0.5, 0.6) is 0 Å². The number of carbonyl (C=O) groups is 1. The summed E-state index contributed by atoms with van der Waals surface area (Å²) in [7, 11) is 0. The number of rotatable bonds is 3. The van der Waals surface area contributed by atoms with E-state index < -0.39 is 17.9 Å². The van der Waals surface area contributed by atoms with Gasteiger partial charge in [-0.05, 0) is 37.3 Å². The van der Waals surface area contributed by atoms with Crippen LogP contribution in [0.1, 0.15) is 24.2 Å². The fourth-order valence-corrected chi connectivity index (χ4v) is 5.11. The maximum absolute atomic E-state index is 13.9. The zero-order valence-corrected chi connectivity index (χ0v) is 21.0. The van der Waals surface area contributed by atoms with E-state index in [0.29, 0.717) is 37.4 Å². The van der Waals surface area contributed by atoms with E-state index in [2.05, 4.69) is 10.4 Å². The molecular weight excluding hydrogens is 533 g/mol. The minimum Gasteiger partial charge on any atom is -0.368 e. The van der Waals surface area contributed by atoms with E-state index >= 15 is 0 Å². The third-order valence-electron chi connectivity index (χ3n) is 6.53. The smallest absolute Gasteiger partial charge is 0.368 e. The van der Waals surface area contributed by atoms with Crippen molar-refractivity contribution in [2.24, 2.45) is 0 Å². The Hall–Kier alpha value is -3.24. The molecular formula is C25H21Cl2F4N5O. The van der Waals surface area contributed by atoms with Crippen molar-refractivity contribution in [3.05, 3.63) is 86.9 Å². The van der Waals surface area contributed by atoms with E-state index in [4.69, 9.17) is 23.2 Å². The zero-order valence-electron chi connectivity index (χ0n) is 19.5. The molecule has 1 N–H and O–H groups in total. The first-order valence-corrected chi connectivity index (χ1v) is 12.2. The van der Waals surface area contributed by atoms with Crippen LogP contribution in [-0.2, 0) is 11.0 Å². The highest BCUT2D eigenvalue weighted by Crippen LogP contribution is 2.43. The second-order valence-electron chi connectivity index (χ2n) is 8.82. The molecule has 6 nitrogen and oxygen atoms in total. The molecule has 1 saturated heterocycles. The Labute approximate surface area is 220 Å². The second-order valence-corrected chi connectivity index (χ2v) is 9.61. The van der Waals surface area contributed by atoms with Crippen molar-refractivity contribution in [1.29, 1.82) is 0 Å². The van der Waals surface area contributed by atoms with Gasteiger partial charge >= 0.3 is 6.18 Å². The van der Waals surface area contributed by atoms with Gasteiger partial charge in [0.05, 0.1) is 15.6 Å². The summed E-state index contributed by atoms with van der Waals surface area (Å²) in [6, 6.07) is 10.8. The average molecular weight is 554 g/mol. The number of carbonyl (C=O) groups excluding carboxylic acids is 1. The van der Waals surface area contributed by atoms with Gasteiger partial charge in [-0.25, -0.2) is 9.07 Å². The molecule has 2 aliphatic rings. The molecule has 5 rings (SSSR count). The summed E-state index contributed by atoms with van der Waals surface area (Å²) in [4.78, 5) is 17.5. The predicted octanol–water partition coefficient (Wildman–Crippen LogP) is 5.99. The van der Waals surface area contributed by atoms with Gasteiger partial charge in [-0.1, -0.05) is 35.3 Å². The van der Waals surface area contributed by atoms with Gasteiger partial charge < -0.3 is 15.1 Å². The van der Waals surface area contributed by atoms with Gasteiger partial charge in [-0.15, -0.1) is 0 Å².